The van der Waals surface area contributed by atoms with E-state index in [4.69, 9.17) is 4.74 Å². The minimum absolute atomic E-state index is 0.00926. The van der Waals surface area contributed by atoms with E-state index >= 15 is 0 Å². The maximum Gasteiger partial charge on any atom is 0.407 e. The summed E-state index contributed by atoms with van der Waals surface area (Å²) in [6, 6.07) is 8.36. The summed E-state index contributed by atoms with van der Waals surface area (Å²) >= 11 is 0. The second-order valence-corrected chi connectivity index (χ2v) is 6.31. The predicted octanol–water partition coefficient (Wildman–Crippen LogP) is 2.92. The van der Waals surface area contributed by atoms with Crippen molar-refractivity contribution in [2.24, 2.45) is 5.92 Å². The van der Waals surface area contributed by atoms with Gasteiger partial charge >= 0.3 is 6.09 Å². The molecule has 1 rings (SSSR count). The first kappa shape index (κ1) is 17.5. The number of aliphatic hydroxyl groups excluding tert-OH is 1. The molecule has 0 fully saturated rings. The fraction of sp³-hybridized carbons (Fsp3) is 0.588. The number of nitrogens with one attached hydrogen (secondary N) is 1. The number of aryl methyl sites for hydroxylation is 1. The van der Waals surface area contributed by atoms with E-state index in [-0.39, 0.29) is 12.5 Å². The topological polar surface area (TPSA) is 58.6 Å². The Morgan fingerprint density at radius 2 is 1.81 bits per heavy atom. The average Bonchev–Trinajstić information content (AvgIpc) is 2.42. The lowest BCUT2D eigenvalue weighted by molar-refractivity contribution is 0.0512. The highest BCUT2D eigenvalue weighted by Crippen LogP contribution is 2.11. The second kappa shape index (κ2) is 8.03. The van der Waals surface area contributed by atoms with Gasteiger partial charge < -0.3 is 15.2 Å². The second-order valence-electron chi connectivity index (χ2n) is 6.31. The molecule has 4 nitrogen and oxygen atoms in total. The zero-order valence-corrected chi connectivity index (χ0v) is 13.5. The maximum absolute atomic E-state index is 11.6. The number of hydrogen-bond acceptors (Lipinski definition) is 3. The number of hydrogen-bond donors (Lipinski definition) is 2. The summed E-state index contributed by atoms with van der Waals surface area (Å²) in [5.41, 5.74) is 1.96. The van der Waals surface area contributed by atoms with Gasteiger partial charge in [0, 0.05) is 19.1 Å². The molecule has 4 heteroatoms. The summed E-state index contributed by atoms with van der Waals surface area (Å²) in [7, 11) is 0. The van der Waals surface area contributed by atoms with Gasteiger partial charge in [-0.15, -0.1) is 0 Å². The van der Waals surface area contributed by atoms with Crippen molar-refractivity contribution in [3.05, 3.63) is 35.4 Å². The fourth-order valence-corrected chi connectivity index (χ4v) is 1.99. The molecular formula is C17H27NO3. The van der Waals surface area contributed by atoms with Crippen LogP contribution in [0.2, 0.25) is 0 Å². The van der Waals surface area contributed by atoms with E-state index in [1.807, 2.05) is 20.8 Å². The Morgan fingerprint density at radius 1 is 1.24 bits per heavy atom. The summed E-state index contributed by atoms with van der Waals surface area (Å²) in [5, 5.41) is 12.2. The molecule has 2 N–H and O–H groups in total. The number of ether oxygens (including phenoxy) is 1. The van der Waals surface area contributed by atoms with Gasteiger partial charge in [-0.3, -0.25) is 0 Å². The van der Waals surface area contributed by atoms with Crippen LogP contribution in [0.5, 0.6) is 0 Å². The van der Waals surface area contributed by atoms with E-state index in [0.717, 1.165) is 18.4 Å². The number of alkyl carbamates (subject to hydrolysis) is 1. The van der Waals surface area contributed by atoms with Crippen molar-refractivity contribution in [2.75, 3.05) is 13.2 Å². The van der Waals surface area contributed by atoms with E-state index in [1.165, 1.54) is 5.56 Å². The summed E-state index contributed by atoms with van der Waals surface area (Å²) in [5.74, 6) is -0.00926. The van der Waals surface area contributed by atoms with Crippen LogP contribution in [-0.2, 0) is 17.6 Å². The largest absolute Gasteiger partial charge is 0.444 e. The van der Waals surface area contributed by atoms with E-state index in [9.17, 15) is 9.90 Å². The lowest BCUT2D eigenvalue weighted by Gasteiger charge is -2.21. The third-order valence-electron chi connectivity index (χ3n) is 3.15. The van der Waals surface area contributed by atoms with Gasteiger partial charge in [0.15, 0.2) is 0 Å². The van der Waals surface area contributed by atoms with Crippen LogP contribution in [0, 0.1) is 5.92 Å². The van der Waals surface area contributed by atoms with E-state index in [2.05, 4.69) is 36.5 Å². The predicted molar refractivity (Wildman–Crippen MR) is 84.3 cm³/mol. The quantitative estimate of drug-likeness (QED) is 0.848. The van der Waals surface area contributed by atoms with Crippen molar-refractivity contribution in [3.63, 3.8) is 0 Å². The van der Waals surface area contributed by atoms with Crippen LogP contribution in [0.3, 0.4) is 0 Å². The van der Waals surface area contributed by atoms with Crippen molar-refractivity contribution in [1.29, 1.82) is 0 Å². The molecule has 118 valence electrons. The molecule has 1 aromatic carbocycles. The first-order chi connectivity index (χ1) is 9.84. The summed E-state index contributed by atoms with van der Waals surface area (Å²) in [4.78, 5) is 11.6. The number of aliphatic hydroxyl groups is 1. The number of carbonyl (C=O) groups is 1. The molecule has 0 saturated heterocycles. The van der Waals surface area contributed by atoms with Crippen LogP contribution in [0.4, 0.5) is 4.79 Å². The molecule has 1 unspecified atom stereocenters. The van der Waals surface area contributed by atoms with E-state index in [0.29, 0.717) is 6.54 Å². The van der Waals surface area contributed by atoms with Crippen LogP contribution in [0.1, 0.15) is 38.8 Å². The van der Waals surface area contributed by atoms with Crippen molar-refractivity contribution >= 4 is 6.09 Å². The van der Waals surface area contributed by atoms with E-state index < -0.39 is 11.7 Å². The number of benzene rings is 1. The van der Waals surface area contributed by atoms with Crippen LogP contribution in [0.25, 0.3) is 0 Å². The van der Waals surface area contributed by atoms with Gasteiger partial charge in [-0.2, -0.15) is 0 Å². The van der Waals surface area contributed by atoms with Crippen molar-refractivity contribution < 1.29 is 14.6 Å². The van der Waals surface area contributed by atoms with Gasteiger partial charge in [0.05, 0.1) is 0 Å². The minimum Gasteiger partial charge on any atom is -0.444 e. The molecule has 0 aliphatic rings. The Balaban J connectivity index is 2.45. The summed E-state index contributed by atoms with van der Waals surface area (Å²) < 4.78 is 5.18. The van der Waals surface area contributed by atoms with Gasteiger partial charge in [0.25, 0.3) is 0 Å². The smallest absolute Gasteiger partial charge is 0.407 e. The highest BCUT2D eigenvalue weighted by molar-refractivity contribution is 5.67. The van der Waals surface area contributed by atoms with Gasteiger partial charge in [0.1, 0.15) is 5.60 Å². The monoisotopic (exact) mass is 293 g/mol. The standard InChI is InChI=1S/C17H27NO3/c1-5-13-6-8-14(9-7-13)10-15(12-19)11-18-16(20)21-17(2,3)4/h6-9,15,19H,5,10-12H2,1-4H3,(H,18,20). The first-order valence-corrected chi connectivity index (χ1v) is 7.49. The Morgan fingerprint density at radius 3 is 2.29 bits per heavy atom. The Bertz CT molecular complexity index is 434. The van der Waals surface area contributed by atoms with Crippen LogP contribution in [0.15, 0.2) is 24.3 Å². The summed E-state index contributed by atoms with van der Waals surface area (Å²) in [6.07, 6.45) is 1.31. The zero-order chi connectivity index (χ0) is 15.9. The molecular weight excluding hydrogens is 266 g/mol. The van der Waals surface area contributed by atoms with Gasteiger partial charge in [-0.25, -0.2) is 4.79 Å². The normalized spacial score (nSPS) is 12.8. The third-order valence-corrected chi connectivity index (χ3v) is 3.15. The molecule has 0 aliphatic carbocycles. The molecule has 1 aromatic rings. The molecule has 0 saturated carbocycles. The molecule has 21 heavy (non-hydrogen) atoms. The molecule has 0 aliphatic heterocycles. The maximum atomic E-state index is 11.6. The molecule has 0 heterocycles. The van der Waals surface area contributed by atoms with Gasteiger partial charge in [-0.1, -0.05) is 31.2 Å². The number of rotatable bonds is 6. The van der Waals surface area contributed by atoms with Crippen molar-refractivity contribution in [1.82, 2.24) is 5.32 Å². The minimum atomic E-state index is -0.505. The number of carbonyl (C=O) groups excluding carboxylic acids is 1. The fourth-order valence-electron chi connectivity index (χ4n) is 1.99. The SMILES string of the molecule is CCc1ccc(CC(CO)CNC(=O)OC(C)(C)C)cc1. The van der Waals surface area contributed by atoms with Crippen molar-refractivity contribution in [3.8, 4) is 0 Å². The lowest BCUT2D eigenvalue weighted by atomic mass is 9.99. The molecule has 0 spiro atoms. The number of amides is 1. The van der Waals surface area contributed by atoms with Crippen molar-refractivity contribution in [2.45, 2.75) is 46.1 Å². The molecule has 0 bridgehead atoms. The molecule has 0 aromatic heterocycles. The highest BCUT2D eigenvalue weighted by atomic mass is 16.6. The van der Waals surface area contributed by atoms with Gasteiger partial charge in [-0.05, 0) is 44.7 Å². The molecule has 1 amide bonds. The highest BCUT2D eigenvalue weighted by Gasteiger charge is 2.17. The van der Waals surface area contributed by atoms with E-state index in [1.54, 1.807) is 0 Å². The first-order valence-electron chi connectivity index (χ1n) is 7.49. The third kappa shape index (κ3) is 7.14. The van der Waals surface area contributed by atoms with Crippen LogP contribution in [-0.4, -0.2) is 30.0 Å². The zero-order valence-electron chi connectivity index (χ0n) is 13.5. The lowest BCUT2D eigenvalue weighted by Crippen LogP contribution is -2.36. The van der Waals surface area contributed by atoms with Gasteiger partial charge in [0.2, 0.25) is 0 Å². The Hall–Kier alpha value is -1.55. The van der Waals surface area contributed by atoms with Crippen LogP contribution >= 0.6 is 0 Å². The average molecular weight is 293 g/mol. The molecule has 0 radical (unpaired) electrons. The Kier molecular flexibility index (Phi) is 6.69. The summed E-state index contributed by atoms with van der Waals surface area (Å²) in [6.45, 7) is 8.03. The van der Waals surface area contributed by atoms with Crippen LogP contribution < -0.4 is 5.32 Å². The molecule has 1 atom stereocenters. The Labute approximate surface area is 127 Å².